The minimum absolute atomic E-state index is 0. The molecule has 0 unspecified atom stereocenters. The van der Waals surface area contributed by atoms with E-state index in [2.05, 4.69) is 37.3 Å². The summed E-state index contributed by atoms with van der Waals surface area (Å²) in [7, 11) is 0. The third-order valence-electron chi connectivity index (χ3n) is 5.88. The van der Waals surface area contributed by atoms with Crippen LogP contribution in [0.25, 0.3) is 0 Å². The van der Waals surface area contributed by atoms with Gasteiger partial charge in [0.2, 0.25) is 0 Å². The third kappa shape index (κ3) is 7.15. The first-order chi connectivity index (χ1) is 17.1. The third-order valence-corrected chi connectivity index (χ3v) is 12.8. The van der Waals surface area contributed by atoms with Gasteiger partial charge in [-0.2, -0.15) is 0 Å². The fourth-order valence-electron chi connectivity index (χ4n) is 3.74. The molecule has 4 aromatic carbocycles. The second kappa shape index (κ2) is 13.9. The van der Waals surface area contributed by atoms with Gasteiger partial charge >= 0.3 is 213 Å². The van der Waals surface area contributed by atoms with Crippen molar-refractivity contribution in [1.82, 2.24) is 0 Å². The molecule has 0 bridgehead atoms. The normalized spacial score (nSPS) is 12.6. The van der Waals surface area contributed by atoms with E-state index in [0.29, 0.717) is 0 Å². The number of hydrogen-bond donors (Lipinski definition) is 0. The molecule has 6 nitrogen and oxygen atoms in total. The minimum atomic E-state index is -3.47. The Bertz CT molecular complexity index is 1110. The van der Waals surface area contributed by atoms with Gasteiger partial charge < -0.3 is 0 Å². The van der Waals surface area contributed by atoms with Crippen LogP contribution in [0.3, 0.4) is 0 Å². The van der Waals surface area contributed by atoms with E-state index in [-0.39, 0.29) is 44.8 Å². The molecular formula is C28H28Au2N2O4P2-4. The van der Waals surface area contributed by atoms with E-state index in [4.69, 9.17) is 9.25 Å². The molecular weight excluding hydrogens is 884 g/mol. The Kier molecular flexibility index (Phi) is 12.4. The quantitative estimate of drug-likeness (QED) is 0.0644. The fourth-order valence-corrected chi connectivity index (χ4v) is 8.50. The molecule has 0 amide bonds. The van der Waals surface area contributed by atoms with E-state index in [1.807, 2.05) is 121 Å². The SMILES string of the molecule is [Au].[Au].[CH2-]P([CH2-])(ON=O)(c1ccccc1)c1ccccc1.[CH2-]P([CH2-])(ON=O)(c1ccccc1)c1ccccc1. The summed E-state index contributed by atoms with van der Waals surface area (Å²) in [5.74, 6) is 0. The zero-order chi connectivity index (χ0) is 26.2. The van der Waals surface area contributed by atoms with Crippen LogP contribution in [0, 0.1) is 36.5 Å². The summed E-state index contributed by atoms with van der Waals surface area (Å²) < 4.78 is 10.3. The van der Waals surface area contributed by atoms with Crippen molar-refractivity contribution in [2.75, 3.05) is 0 Å². The van der Waals surface area contributed by atoms with E-state index in [0.717, 1.165) is 21.2 Å². The Morgan fingerprint density at radius 1 is 0.421 bits per heavy atom. The molecule has 210 valence electrons. The molecule has 0 aliphatic carbocycles. The first-order valence-electron chi connectivity index (χ1n) is 10.9. The summed E-state index contributed by atoms with van der Waals surface area (Å²) in [5, 5.41) is 8.38. The maximum absolute atomic E-state index is 10.7. The van der Waals surface area contributed by atoms with E-state index in [1.165, 1.54) is 0 Å². The molecule has 10 heteroatoms. The van der Waals surface area contributed by atoms with Gasteiger partial charge in [-0.15, -0.1) is 0 Å². The van der Waals surface area contributed by atoms with Crippen LogP contribution in [0.2, 0.25) is 0 Å². The summed E-state index contributed by atoms with van der Waals surface area (Å²) in [6, 6.07) is 37.3. The summed E-state index contributed by atoms with van der Waals surface area (Å²) in [6.07, 6.45) is 0. The van der Waals surface area contributed by atoms with Gasteiger partial charge in [0, 0.05) is 44.8 Å². The van der Waals surface area contributed by atoms with Crippen LogP contribution in [0.15, 0.2) is 132 Å². The number of benzene rings is 4. The Morgan fingerprint density at radius 3 is 0.763 bits per heavy atom. The standard InChI is InChI=1S/2C14H14NO2P.2Au/c2*1-18(2,17-15-16,13-9-5-3-6-10-13)14-11-7-4-8-12-14;;/h2*3-12H,1-2H2;;/q2*-2;;. The molecule has 0 N–H and O–H groups in total. The van der Waals surface area contributed by atoms with Gasteiger partial charge in [-0.25, -0.2) is 0 Å². The van der Waals surface area contributed by atoms with Crippen molar-refractivity contribution >= 4 is 34.9 Å². The molecule has 0 fully saturated rings. The van der Waals surface area contributed by atoms with Gasteiger partial charge in [0.25, 0.3) is 0 Å². The van der Waals surface area contributed by atoms with Crippen LogP contribution in [-0.2, 0) is 54.0 Å². The average Bonchev–Trinajstić information content (AvgIpc) is 2.91. The van der Waals surface area contributed by atoms with Gasteiger partial charge in [0.1, 0.15) is 0 Å². The van der Waals surface area contributed by atoms with Gasteiger partial charge in [-0.3, -0.25) is 0 Å². The molecule has 0 aliphatic heterocycles. The Hall–Kier alpha value is -1.98. The second-order valence-electron chi connectivity index (χ2n) is 8.47. The van der Waals surface area contributed by atoms with Crippen molar-refractivity contribution in [2.24, 2.45) is 10.7 Å². The van der Waals surface area contributed by atoms with Gasteiger partial charge in [-0.1, -0.05) is 0 Å². The Labute approximate surface area is 255 Å². The Balaban J connectivity index is 0.000000361. The first kappa shape index (κ1) is 34.0. The van der Waals surface area contributed by atoms with E-state index in [1.54, 1.807) is 0 Å². The number of rotatable bonds is 8. The van der Waals surface area contributed by atoms with E-state index < -0.39 is 13.7 Å². The van der Waals surface area contributed by atoms with Crippen LogP contribution >= 0.6 is 13.7 Å². The number of hydrogen-bond acceptors (Lipinski definition) is 6. The predicted octanol–water partition coefficient (Wildman–Crippen LogP) is 6.77. The van der Waals surface area contributed by atoms with Crippen molar-refractivity contribution in [1.29, 1.82) is 0 Å². The second-order valence-corrected chi connectivity index (χ2v) is 16.5. The molecule has 4 aromatic rings. The van der Waals surface area contributed by atoms with Crippen molar-refractivity contribution in [3.05, 3.63) is 158 Å². The fraction of sp³-hybridized carbons (Fsp3) is 0. The molecule has 0 aromatic heterocycles. The molecule has 38 heavy (non-hydrogen) atoms. The molecule has 0 spiro atoms. The zero-order valence-corrected chi connectivity index (χ0v) is 26.5. The molecule has 0 saturated heterocycles. The molecule has 0 saturated carbocycles. The maximum atomic E-state index is 10.7. The van der Waals surface area contributed by atoms with Crippen molar-refractivity contribution in [3.8, 4) is 0 Å². The Morgan fingerprint density at radius 2 is 0.605 bits per heavy atom. The van der Waals surface area contributed by atoms with E-state index in [9.17, 15) is 9.81 Å². The molecule has 2 radical (unpaired) electrons. The van der Waals surface area contributed by atoms with Gasteiger partial charge in [0.05, 0.1) is 0 Å². The van der Waals surface area contributed by atoms with Crippen LogP contribution in [0.4, 0.5) is 0 Å². The monoisotopic (exact) mass is 912 g/mol. The predicted molar refractivity (Wildman–Crippen MR) is 153 cm³/mol. The van der Waals surface area contributed by atoms with Gasteiger partial charge in [0.15, 0.2) is 0 Å². The average molecular weight is 912 g/mol. The van der Waals surface area contributed by atoms with Crippen LogP contribution in [0.1, 0.15) is 0 Å². The van der Waals surface area contributed by atoms with E-state index >= 15 is 0 Å². The summed E-state index contributed by atoms with van der Waals surface area (Å²) in [6.45, 7) is 9.61. The van der Waals surface area contributed by atoms with Crippen LogP contribution < -0.4 is 21.2 Å². The van der Waals surface area contributed by atoms with Crippen LogP contribution in [-0.4, -0.2) is 0 Å². The number of nitrogens with zero attached hydrogens (tertiary/aromatic N) is 2. The zero-order valence-electron chi connectivity index (χ0n) is 20.4. The molecule has 4 rings (SSSR count). The summed E-state index contributed by atoms with van der Waals surface area (Å²) in [5.41, 5.74) is 0. The molecule has 0 aliphatic rings. The topological polar surface area (TPSA) is 77.3 Å². The summed E-state index contributed by atoms with van der Waals surface area (Å²) in [4.78, 5) is 21.3. The van der Waals surface area contributed by atoms with Crippen molar-refractivity contribution in [2.45, 2.75) is 0 Å². The van der Waals surface area contributed by atoms with Gasteiger partial charge in [-0.05, 0) is 0 Å². The molecule has 0 heterocycles. The summed E-state index contributed by atoms with van der Waals surface area (Å²) >= 11 is 0. The first-order valence-corrected chi connectivity index (χ1v) is 15.9. The van der Waals surface area contributed by atoms with Crippen molar-refractivity contribution < 1.29 is 54.0 Å². The van der Waals surface area contributed by atoms with Crippen molar-refractivity contribution in [3.63, 3.8) is 0 Å². The van der Waals surface area contributed by atoms with Crippen LogP contribution in [0.5, 0.6) is 0 Å². The molecule has 0 atom stereocenters.